The fourth-order valence-corrected chi connectivity index (χ4v) is 1.36. The van der Waals surface area contributed by atoms with E-state index in [-0.39, 0.29) is 6.79 Å². The third-order valence-electron chi connectivity index (χ3n) is 1.79. The lowest BCUT2D eigenvalue weighted by Crippen LogP contribution is -2.10. The first-order chi connectivity index (χ1) is 6.57. The van der Waals surface area contributed by atoms with E-state index in [0.717, 1.165) is 5.56 Å². The normalized spacial score (nSPS) is 10.3. The van der Waals surface area contributed by atoms with Gasteiger partial charge < -0.3 is 13.9 Å². The van der Waals surface area contributed by atoms with E-state index in [0.29, 0.717) is 16.0 Å². The van der Waals surface area contributed by atoms with Crippen molar-refractivity contribution in [3.8, 4) is 5.75 Å². The smallest absolute Gasteiger partial charge is 0.343 e. The van der Waals surface area contributed by atoms with Crippen molar-refractivity contribution in [2.24, 2.45) is 0 Å². The number of methoxy groups -OCH3 is 1. The molecule has 78 valence electrons. The lowest BCUT2D eigenvalue weighted by Gasteiger charge is -2.10. The van der Waals surface area contributed by atoms with Crippen molar-refractivity contribution in [3.63, 3.8) is 0 Å². The zero-order valence-electron chi connectivity index (χ0n) is 8.22. The van der Waals surface area contributed by atoms with E-state index in [2.05, 4.69) is 15.9 Å². The van der Waals surface area contributed by atoms with Crippen LogP contribution in [0.4, 0.5) is 0 Å². The number of rotatable bonds is 3. The van der Waals surface area contributed by atoms with Gasteiger partial charge in [0.25, 0.3) is 0 Å². The van der Waals surface area contributed by atoms with Gasteiger partial charge in [0, 0.05) is 12.7 Å². The first-order valence-electron chi connectivity index (χ1n) is 3.99. The third-order valence-corrected chi connectivity index (χ3v) is 2.54. The van der Waals surface area contributed by atoms with E-state index >= 15 is 0 Å². The Balaban J connectivity index is 3.18. The van der Waals surface area contributed by atoms with Crippen molar-refractivity contribution >= 4 is 15.9 Å². The average Bonchev–Trinajstić information content (AvgIpc) is 2.15. The quantitative estimate of drug-likeness (QED) is 0.782. The second-order valence-corrected chi connectivity index (χ2v) is 3.51. The van der Waals surface area contributed by atoms with Crippen molar-refractivity contribution in [3.05, 3.63) is 26.2 Å². The summed E-state index contributed by atoms with van der Waals surface area (Å²) in [6, 6.07) is 0. The Labute approximate surface area is 90.0 Å². The molecule has 4 nitrogen and oxygen atoms in total. The molecule has 0 aliphatic heterocycles. The van der Waals surface area contributed by atoms with E-state index in [1.807, 2.05) is 0 Å². The summed E-state index contributed by atoms with van der Waals surface area (Å²) in [5, 5.41) is 0. The van der Waals surface area contributed by atoms with Crippen molar-refractivity contribution in [1.82, 2.24) is 0 Å². The van der Waals surface area contributed by atoms with Crippen LogP contribution in [0, 0.1) is 13.8 Å². The largest absolute Gasteiger partial charge is 0.467 e. The molecule has 0 aromatic carbocycles. The van der Waals surface area contributed by atoms with Crippen LogP contribution in [0.1, 0.15) is 11.1 Å². The summed E-state index contributed by atoms with van der Waals surface area (Å²) in [4.78, 5) is 11.3. The average molecular weight is 263 g/mol. The monoisotopic (exact) mass is 262 g/mol. The zero-order valence-corrected chi connectivity index (χ0v) is 9.80. The van der Waals surface area contributed by atoms with Gasteiger partial charge in [-0.2, -0.15) is 0 Å². The number of ether oxygens (including phenoxy) is 2. The molecule has 0 spiro atoms. The van der Waals surface area contributed by atoms with Gasteiger partial charge in [0.15, 0.2) is 11.5 Å². The summed E-state index contributed by atoms with van der Waals surface area (Å²) >= 11 is 3.14. The van der Waals surface area contributed by atoms with E-state index in [1.54, 1.807) is 13.8 Å². The molecular weight excluding hydrogens is 252 g/mol. The van der Waals surface area contributed by atoms with E-state index in [9.17, 15) is 4.79 Å². The lowest BCUT2D eigenvalue weighted by atomic mass is 10.2. The molecule has 0 N–H and O–H groups in total. The van der Waals surface area contributed by atoms with Crippen LogP contribution in [-0.2, 0) is 4.74 Å². The van der Waals surface area contributed by atoms with Gasteiger partial charge in [-0.25, -0.2) is 4.79 Å². The number of hydrogen-bond acceptors (Lipinski definition) is 4. The minimum atomic E-state index is -0.409. The molecule has 0 unspecified atom stereocenters. The molecule has 0 saturated carbocycles. The molecule has 0 atom stereocenters. The Morgan fingerprint density at radius 3 is 2.57 bits per heavy atom. The molecule has 1 aromatic rings. The van der Waals surface area contributed by atoms with Gasteiger partial charge in [-0.05, 0) is 29.8 Å². The fraction of sp³-hybridized carbons (Fsp3) is 0.444. The van der Waals surface area contributed by atoms with Crippen LogP contribution in [0.15, 0.2) is 13.9 Å². The van der Waals surface area contributed by atoms with Gasteiger partial charge in [-0.15, -0.1) is 0 Å². The molecule has 1 aromatic heterocycles. The molecule has 0 aliphatic rings. The molecule has 0 fully saturated rings. The molecule has 0 aliphatic carbocycles. The van der Waals surface area contributed by atoms with Gasteiger partial charge in [-0.1, -0.05) is 0 Å². The maximum absolute atomic E-state index is 11.3. The molecule has 1 heterocycles. The molecule has 14 heavy (non-hydrogen) atoms. The van der Waals surface area contributed by atoms with Crippen LogP contribution in [0.5, 0.6) is 5.75 Å². The molecule has 0 saturated heterocycles. The maximum atomic E-state index is 11.3. The molecule has 1 rings (SSSR count). The SMILES string of the molecule is COCOc1c(C)c(Br)oc(=O)c1C. The lowest BCUT2D eigenvalue weighted by molar-refractivity contribution is 0.0494. The Hall–Kier alpha value is -0.810. The summed E-state index contributed by atoms with van der Waals surface area (Å²) in [5.74, 6) is 0.509. The van der Waals surface area contributed by atoms with E-state index < -0.39 is 5.63 Å². The Bertz CT molecular complexity index is 383. The predicted molar refractivity (Wildman–Crippen MR) is 54.7 cm³/mol. The number of halogens is 1. The highest BCUT2D eigenvalue weighted by atomic mass is 79.9. The maximum Gasteiger partial charge on any atom is 0.343 e. The van der Waals surface area contributed by atoms with E-state index in [4.69, 9.17) is 13.9 Å². The van der Waals surface area contributed by atoms with Crippen LogP contribution in [0.3, 0.4) is 0 Å². The first kappa shape index (κ1) is 11.3. The van der Waals surface area contributed by atoms with Gasteiger partial charge in [-0.3, -0.25) is 0 Å². The topological polar surface area (TPSA) is 48.7 Å². The van der Waals surface area contributed by atoms with Crippen LogP contribution in [0.25, 0.3) is 0 Å². The molecule has 0 amide bonds. The highest BCUT2D eigenvalue weighted by molar-refractivity contribution is 9.10. The van der Waals surface area contributed by atoms with Crippen LogP contribution < -0.4 is 10.4 Å². The van der Waals surface area contributed by atoms with Crippen LogP contribution in [0.2, 0.25) is 0 Å². The van der Waals surface area contributed by atoms with Crippen molar-refractivity contribution in [1.29, 1.82) is 0 Å². The number of hydrogen-bond donors (Lipinski definition) is 0. The summed E-state index contributed by atoms with van der Waals surface area (Å²) in [7, 11) is 1.52. The highest BCUT2D eigenvalue weighted by Crippen LogP contribution is 2.26. The van der Waals surface area contributed by atoms with Gasteiger partial charge >= 0.3 is 5.63 Å². The predicted octanol–water partition coefficient (Wildman–Crippen LogP) is 2.00. The molecular formula is C9H11BrO4. The standard InChI is InChI=1S/C9H11BrO4/c1-5-7(13-4-12-3)6(2)9(11)14-8(5)10/h4H2,1-3H3. The fourth-order valence-electron chi connectivity index (χ4n) is 1.03. The summed E-state index contributed by atoms with van der Waals surface area (Å²) < 4.78 is 15.3. The first-order valence-corrected chi connectivity index (χ1v) is 4.78. The third kappa shape index (κ3) is 2.16. The Morgan fingerprint density at radius 1 is 1.36 bits per heavy atom. The summed E-state index contributed by atoms with van der Waals surface area (Å²) in [5.41, 5.74) is 0.787. The Kier molecular flexibility index (Phi) is 3.71. The van der Waals surface area contributed by atoms with Gasteiger partial charge in [0.1, 0.15) is 5.75 Å². The van der Waals surface area contributed by atoms with Crippen molar-refractivity contribution < 1.29 is 13.9 Å². The molecule has 0 bridgehead atoms. The van der Waals surface area contributed by atoms with Gasteiger partial charge in [0.2, 0.25) is 0 Å². The van der Waals surface area contributed by atoms with Crippen LogP contribution in [-0.4, -0.2) is 13.9 Å². The minimum Gasteiger partial charge on any atom is -0.467 e. The molecule has 0 radical (unpaired) electrons. The van der Waals surface area contributed by atoms with Crippen molar-refractivity contribution in [2.45, 2.75) is 13.8 Å². The second-order valence-electron chi connectivity index (χ2n) is 2.79. The minimum absolute atomic E-state index is 0.109. The second kappa shape index (κ2) is 4.61. The summed E-state index contributed by atoms with van der Waals surface area (Å²) in [6.07, 6.45) is 0. The highest BCUT2D eigenvalue weighted by Gasteiger charge is 2.13. The van der Waals surface area contributed by atoms with Crippen molar-refractivity contribution in [2.75, 3.05) is 13.9 Å². The van der Waals surface area contributed by atoms with Gasteiger partial charge in [0.05, 0.1) is 5.56 Å². The van der Waals surface area contributed by atoms with E-state index in [1.165, 1.54) is 7.11 Å². The van der Waals surface area contributed by atoms with Crippen LogP contribution >= 0.6 is 15.9 Å². The zero-order chi connectivity index (χ0) is 10.7. The molecule has 5 heteroatoms. The Morgan fingerprint density at radius 2 is 2.00 bits per heavy atom. The summed E-state index contributed by atoms with van der Waals surface area (Å²) in [6.45, 7) is 3.55.